The van der Waals surface area contributed by atoms with Crippen LogP contribution in [0.3, 0.4) is 0 Å². The molecule has 0 N–H and O–H groups in total. The van der Waals surface area contributed by atoms with Gasteiger partial charge in [0, 0.05) is 11.8 Å². The second-order valence-corrected chi connectivity index (χ2v) is 9.69. The molecule has 0 amide bonds. The molecule has 0 spiro atoms. The lowest BCUT2D eigenvalue weighted by Crippen LogP contribution is -2.13. The number of hydrogen-bond donors (Lipinski definition) is 0. The fraction of sp³-hybridized carbons (Fsp3) is 0.793. The number of allylic oxidation sites excluding steroid dienone is 2. The van der Waals surface area contributed by atoms with Crippen molar-refractivity contribution in [1.82, 2.24) is 0 Å². The normalized spacial score (nSPS) is 27.1. The number of unbranched alkanes of at least 4 members (excludes halogenated alkanes) is 5. The van der Waals surface area contributed by atoms with Gasteiger partial charge in [-0.2, -0.15) is 0 Å². The molecule has 0 aliphatic heterocycles. The Kier molecular flexibility index (Phi) is 13.0. The minimum absolute atomic E-state index is 0.627. The van der Waals surface area contributed by atoms with E-state index in [2.05, 4.69) is 37.5 Å². The summed E-state index contributed by atoms with van der Waals surface area (Å²) in [6.45, 7) is 4.60. The Bertz CT molecular complexity index is 544. The highest BCUT2D eigenvalue weighted by Gasteiger charge is 2.20. The van der Waals surface area contributed by atoms with E-state index >= 15 is 0 Å². The van der Waals surface area contributed by atoms with Gasteiger partial charge in [0.2, 0.25) is 0 Å². The Morgan fingerprint density at radius 3 is 1.48 bits per heavy atom. The van der Waals surface area contributed by atoms with Crippen LogP contribution in [0.4, 0.5) is 0 Å². The maximum Gasteiger partial charge on any atom is 0.0206 e. The molecule has 162 valence electrons. The van der Waals surface area contributed by atoms with E-state index < -0.39 is 0 Å². The molecule has 2 rings (SSSR count). The van der Waals surface area contributed by atoms with Gasteiger partial charge >= 0.3 is 0 Å². The van der Waals surface area contributed by atoms with E-state index in [1.165, 1.54) is 109 Å². The molecule has 2 saturated carbocycles. The molecular formula is C29H46. The highest BCUT2D eigenvalue weighted by Crippen LogP contribution is 2.32. The molecule has 0 aromatic heterocycles. The monoisotopic (exact) mass is 394 g/mol. The van der Waals surface area contributed by atoms with Crippen LogP contribution in [0, 0.1) is 47.4 Å². The zero-order chi connectivity index (χ0) is 20.6. The van der Waals surface area contributed by atoms with Crippen LogP contribution in [-0.4, -0.2) is 0 Å². The molecular weight excluding hydrogens is 348 g/mol. The first-order valence-corrected chi connectivity index (χ1v) is 13.0. The van der Waals surface area contributed by atoms with Crippen molar-refractivity contribution >= 4 is 0 Å². The van der Waals surface area contributed by atoms with Crippen molar-refractivity contribution in [2.45, 2.75) is 123 Å². The van der Waals surface area contributed by atoms with Gasteiger partial charge in [-0.15, -0.1) is 0 Å². The van der Waals surface area contributed by atoms with Gasteiger partial charge in [0.15, 0.2) is 0 Å². The summed E-state index contributed by atoms with van der Waals surface area (Å²) in [6.07, 6.45) is 27.5. The Balaban J connectivity index is 1.55. The molecule has 0 aromatic carbocycles. The SMILES string of the molecule is CCCCCCC[C@H]1CC[C@H](C#C/C=C/C#C[C@H]2CC[C@H](CCCC)CC2)CC1. The molecule has 0 heterocycles. The number of hydrogen-bond acceptors (Lipinski definition) is 0. The molecule has 2 fully saturated rings. The van der Waals surface area contributed by atoms with E-state index in [0.29, 0.717) is 11.8 Å². The van der Waals surface area contributed by atoms with Gasteiger partial charge < -0.3 is 0 Å². The second-order valence-electron chi connectivity index (χ2n) is 9.69. The van der Waals surface area contributed by atoms with Crippen molar-refractivity contribution in [3.05, 3.63) is 12.2 Å². The average molecular weight is 395 g/mol. The lowest BCUT2D eigenvalue weighted by molar-refractivity contribution is 0.294. The largest absolute Gasteiger partial charge is 0.0951 e. The Hall–Kier alpha value is -1.14. The van der Waals surface area contributed by atoms with Gasteiger partial charge in [0.1, 0.15) is 0 Å². The predicted octanol–water partition coefficient (Wildman–Crippen LogP) is 8.71. The van der Waals surface area contributed by atoms with Crippen LogP contribution < -0.4 is 0 Å². The molecule has 0 radical (unpaired) electrons. The lowest BCUT2D eigenvalue weighted by atomic mass is 9.80. The Labute approximate surface area is 182 Å². The highest BCUT2D eigenvalue weighted by molar-refractivity contribution is 5.26. The Morgan fingerprint density at radius 2 is 1.00 bits per heavy atom. The van der Waals surface area contributed by atoms with Crippen LogP contribution in [0.15, 0.2) is 12.2 Å². The van der Waals surface area contributed by atoms with Crippen molar-refractivity contribution in [2.75, 3.05) is 0 Å². The Morgan fingerprint density at radius 1 is 0.552 bits per heavy atom. The molecule has 0 heteroatoms. The third kappa shape index (κ3) is 11.0. The van der Waals surface area contributed by atoms with Crippen LogP contribution in [0.1, 0.15) is 123 Å². The second kappa shape index (κ2) is 15.7. The quantitative estimate of drug-likeness (QED) is 0.271. The smallest absolute Gasteiger partial charge is 0.0206 e. The van der Waals surface area contributed by atoms with E-state index in [1.54, 1.807) is 0 Å². The summed E-state index contributed by atoms with van der Waals surface area (Å²) < 4.78 is 0. The molecule has 0 unspecified atom stereocenters. The first-order chi connectivity index (χ1) is 14.3. The topological polar surface area (TPSA) is 0 Å². The maximum absolute atomic E-state index is 3.49. The van der Waals surface area contributed by atoms with E-state index in [1.807, 2.05) is 12.2 Å². The molecule has 0 bridgehead atoms. The van der Waals surface area contributed by atoms with Crippen molar-refractivity contribution in [3.63, 3.8) is 0 Å². The number of rotatable bonds is 9. The standard InChI is InChI=1S/C29H46/c1-3-5-7-8-11-15-27-22-24-29(25-23-27)17-13-10-9-12-16-28-20-18-26(19-21-28)14-6-4-2/h9-10,26-29H,3-8,11,14-15,18-25H2,1-2H3/b10-9+/t26-,27-,28-,29-. The van der Waals surface area contributed by atoms with Gasteiger partial charge in [-0.05, 0) is 75.4 Å². The zero-order valence-corrected chi connectivity index (χ0v) is 19.5. The van der Waals surface area contributed by atoms with Crippen molar-refractivity contribution in [3.8, 4) is 23.7 Å². The summed E-state index contributed by atoms with van der Waals surface area (Å²) in [4.78, 5) is 0. The van der Waals surface area contributed by atoms with Gasteiger partial charge in [0.25, 0.3) is 0 Å². The minimum Gasteiger partial charge on any atom is -0.0951 e. The van der Waals surface area contributed by atoms with Crippen LogP contribution in [-0.2, 0) is 0 Å². The molecule has 0 nitrogen and oxygen atoms in total. The van der Waals surface area contributed by atoms with Crippen LogP contribution >= 0.6 is 0 Å². The van der Waals surface area contributed by atoms with E-state index in [0.717, 1.165) is 11.8 Å². The molecule has 29 heavy (non-hydrogen) atoms. The molecule has 0 atom stereocenters. The van der Waals surface area contributed by atoms with Crippen LogP contribution in [0.5, 0.6) is 0 Å². The molecule has 0 aromatic rings. The third-order valence-electron chi connectivity index (χ3n) is 7.20. The maximum atomic E-state index is 3.49. The van der Waals surface area contributed by atoms with Crippen molar-refractivity contribution < 1.29 is 0 Å². The molecule has 2 aliphatic rings. The first-order valence-electron chi connectivity index (χ1n) is 13.0. The van der Waals surface area contributed by atoms with E-state index in [-0.39, 0.29) is 0 Å². The molecule has 2 aliphatic carbocycles. The minimum atomic E-state index is 0.627. The van der Waals surface area contributed by atoms with E-state index in [9.17, 15) is 0 Å². The lowest BCUT2D eigenvalue weighted by Gasteiger charge is -2.25. The first kappa shape index (κ1) is 24.1. The van der Waals surface area contributed by atoms with Gasteiger partial charge in [-0.3, -0.25) is 0 Å². The summed E-state index contributed by atoms with van der Waals surface area (Å²) in [5, 5.41) is 0. The van der Waals surface area contributed by atoms with Gasteiger partial charge in [-0.1, -0.05) is 95.3 Å². The summed E-state index contributed by atoms with van der Waals surface area (Å²) in [5.41, 5.74) is 0. The van der Waals surface area contributed by atoms with Crippen LogP contribution in [0.25, 0.3) is 0 Å². The third-order valence-corrected chi connectivity index (χ3v) is 7.20. The summed E-state index contributed by atoms with van der Waals surface area (Å²) in [6, 6.07) is 0. The summed E-state index contributed by atoms with van der Waals surface area (Å²) >= 11 is 0. The van der Waals surface area contributed by atoms with Crippen LogP contribution in [0.2, 0.25) is 0 Å². The summed E-state index contributed by atoms with van der Waals surface area (Å²) in [5.74, 6) is 16.7. The van der Waals surface area contributed by atoms with E-state index in [4.69, 9.17) is 0 Å². The fourth-order valence-electron chi connectivity index (χ4n) is 5.14. The van der Waals surface area contributed by atoms with Gasteiger partial charge in [-0.25, -0.2) is 0 Å². The fourth-order valence-corrected chi connectivity index (χ4v) is 5.14. The molecule has 0 saturated heterocycles. The summed E-state index contributed by atoms with van der Waals surface area (Å²) in [7, 11) is 0. The van der Waals surface area contributed by atoms with Gasteiger partial charge in [0.05, 0.1) is 0 Å². The highest BCUT2D eigenvalue weighted by atomic mass is 14.2. The average Bonchev–Trinajstić information content (AvgIpc) is 2.76. The zero-order valence-electron chi connectivity index (χ0n) is 19.5. The predicted molar refractivity (Wildman–Crippen MR) is 128 cm³/mol. The van der Waals surface area contributed by atoms with Crippen molar-refractivity contribution in [1.29, 1.82) is 0 Å². The van der Waals surface area contributed by atoms with Crippen molar-refractivity contribution in [2.24, 2.45) is 23.7 Å².